The first-order valence-corrected chi connectivity index (χ1v) is 11.4. The zero-order valence-corrected chi connectivity index (χ0v) is 18.6. The Kier molecular flexibility index (Phi) is 8.31. The Morgan fingerprint density at radius 1 is 1.13 bits per heavy atom. The highest BCUT2D eigenvalue weighted by molar-refractivity contribution is 7.89. The second-order valence-electron chi connectivity index (χ2n) is 7.62. The second-order valence-corrected chi connectivity index (χ2v) is 9.51. The van der Waals surface area contributed by atoms with E-state index in [1.54, 1.807) is 12.2 Å². The molecule has 30 heavy (non-hydrogen) atoms. The van der Waals surface area contributed by atoms with Gasteiger partial charge in [0, 0.05) is 18.7 Å². The molecule has 0 aliphatic heterocycles. The van der Waals surface area contributed by atoms with Crippen molar-refractivity contribution in [2.75, 3.05) is 6.54 Å². The summed E-state index contributed by atoms with van der Waals surface area (Å²) in [5.41, 5.74) is -0.168. The summed E-state index contributed by atoms with van der Waals surface area (Å²) in [5.74, 6) is 0. The van der Waals surface area contributed by atoms with E-state index in [0.29, 0.717) is 6.42 Å². The largest absolute Gasteiger partial charge is 0.370 e. The lowest BCUT2D eigenvalue weighted by molar-refractivity contribution is -0.384. The van der Waals surface area contributed by atoms with E-state index in [1.807, 2.05) is 33.8 Å². The molecule has 9 heteroatoms. The van der Waals surface area contributed by atoms with Crippen LogP contribution in [0.15, 0.2) is 54.0 Å². The molecule has 2 rings (SSSR count). The predicted octanol–water partition coefficient (Wildman–Crippen LogP) is 3.69. The summed E-state index contributed by atoms with van der Waals surface area (Å²) in [6.07, 6.45) is 4.66. The van der Waals surface area contributed by atoms with Crippen molar-refractivity contribution in [1.29, 1.82) is 0 Å². The maximum Gasteiger partial charge on any atom is 0.269 e. The van der Waals surface area contributed by atoms with Crippen LogP contribution in [0, 0.1) is 10.1 Å². The Labute approximate surface area is 178 Å². The quantitative estimate of drug-likeness (QED) is 0.297. The van der Waals surface area contributed by atoms with Crippen LogP contribution in [0.5, 0.6) is 0 Å². The van der Waals surface area contributed by atoms with E-state index in [1.165, 1.54) is 28.6 Å². The molecular formula is C21H30N2O6S. The van der Waals surface area contributed by atoms with Crippen LogP contribution in [0.2, 0.25) is 0 Å². The smallest absolute Gasteiger partial charge is 0.269 e. The van der Waals surface area contributed by atoms with Gasteiger partial charge in [0.2, 0.25) is 10.0 Å². The molecule has 1 aromatic carbocycles. The van der Waals surface area contributed by atoms with Gasteiger partial charge >= 0.3 is 0 Å². The number of nitro benzene ring substituents is 1. The molecule has 1 aliphatic carbocycles. The number of sulfonamides is 1. The molecule has 0 saturated heterocycles. The third-order valence-corrected chi connectivity index (χ3v) is 6.47. The van der Waals surface area contributed by atoms with E-state index in [2.05, 4.69) is 6.58 Å². The molecule has 0 bridgehead atoms. The van der Waals surface area contributed by atoms with Gasteiger partial charge in [-0.25, -0.2) is 8.42 Å². The molecule has 0 spiro atoms. The highest BCUT2D eigenvalue weighted by Crippen LogP contribution is 2.30. The number of rotatable bonds is 11. The average molecular weight is 439 g/mol. The Morgan fingerprint density at radius 3 is 2.23 bits per heavy atom. The Bertz CT molecular complexity index is 864. The first-order chi connectivity index (χ1) is 14.1. The van der Waals surface area contributed by atoms with Crippen LogP contribution in [0.25, 0.3) is 0 Å². The maximum atomic E-state index is 13.5. The molecule has 0 aromatic heterocycles. The van der Waals surface area contributed by atoms with Gasteiger partial charge in [0.15, 0.2) is 0 Å². The van der Waals surface area contributed by atoms with E-state index in [9.17, 15) is 18.5 Å². The van der Waals surface area contributed by atoms with Crippen molar-refractivity contribution in [3.63, 3.8) is 0 Å². The molecule has 8 nitrogen and oxygen atoms in total. The topological polar surface area (TPSA) is 99.0 Å². The van der Waals surface area contributed by atoms with Gasteiger partial charge in [-0.2, -0.15) is 4.31 Å². The fraction of sp³-hybridized carbons (Fsp3) is 0.524. The van der Waals surface area contributed by atoms with Gasteiger partial charge in [0.1, 0.15) is 12.2 Å². The number of hydrogen-bond donors (Lipinski definition) is 0. The first kappa shape index (κ1) is 24.2. The summed E-state index contributed by atoms with van der Waals surface area (Å²) in [4.78, 5) is 10.3. The van der Waals surface area contributed by atoms with E-state index < -0.39 is 27.1 Å². The standard InChI is InChI=1S/C21H30N2O6S/c1-6-7-14-22(30(26,27)18-10-8-17(9-11-18)23(24)25)19-12-13-20(28-15(2)3)21(19)29-16(4)5/h6,8-13,15-16,19-21H,1,7,14H2,2-5H3/t19-,20-,21+/m1/s1. The molecule has 1 aromatic rings. The number of nitro groups is 1. The summed E-state index contributed by atoms with van der Waals surface area (Å²) in [7, 11) is -3.94. The zero-order valence-electron chi connectivity index (χ0n) is 17.8. The fourth-order valence-electron chi connectivity index (χ4n) is 3.33. The van der Waals surface area contributed by atoms with Gasteiger partial charge in [0.05, 0.1) is 28.1 Å². The lowest BCUT2D eigenvalue weighted by Crippen LogP contribution is -2.49. The van der Waals surface area contributed by atoms with Crippen LogP contribution >= 0.6 is 0 Å². The maximum absolute atomic E-state index is 13.5. The highest BCUT2D eigenvalue weighted by atomic mass is 32.2. The summed E-state index contributed by atoms with van der Waals surface area (Å²) in [6, 6.07) is 4.32. The Hall–Kier alpha value is -2.07. The monoisotopic (exact) mass is 438 g/mol. The van der Waals surface area contributed by atoms with Gasteiger partial charge in [-0.05, 0) is 46.2 Å². The molecule has 1 aliphatic rings. The third kappa shape index (κ3) is 5.75. The molecule has 0 N–H and O–H groups in total. The normalized spacial score (nSPS) is 21.6. The molecule has 0 amide bonds. The third-order valence-electron chi connectivity index (χ3n) is 4.56. The molecule has 0 fully saturated rings. The Balaban J connectivity index is 2.42. The van der Waals surface area contributed by atoms with Gasteiger partial charge in [0.25, 0.3) is 5.69 Å². The predicted molar refractivity (Wildman–Crippen MR) is 115 cm³/mol. The van der Waals surface area contributed by atoms with Gasteiger partial charge in [-0.15, -0.1) is 6.58 Å². The van der Waals surface area contributed by atoms with Gasteiger partial charge in [-0.3, -0.25) is 10.1 Å². The Morgan fingerprint density at radius 2 is 1.73 bits per heavy atom. The summed E-state index contributed by atoms with van der Waals surface area (Å²) in [5, 5.41) is 10.9. The van der Waals surface area contributed by atoms with Crippen molar-refractivity contribution >= 4 is 15.7 Å². The average Bonchev–Trinajstić information content (AvgIpc) is 3.03. The second kappa shape index (κ2) is 10.3. The number of hydrogen-bond acceptors (Lipinski definition) is 6. The number of ether oxygens (including phenoxy) is 2. The van der Waals surface area contributed by atoms with Crippen molar-refractivity contribution in [1.82, 2.24) is 4.31 Å². The van der Waals surface area contributed by atoms with Crippen LogP contribution in [0.1, 0.15) is 34.1 Å². The first-order valence-electron chi connectivity index (χ1n) is 9.94. The van der Waals surface area contributed by atoms with E-state index in [0.717, 1.165) is 0 Å². The fourth-order valence-corrected chi connectivity index (χ4v) is 4.94. The van der Waals surface area contributed by atoms with Crippen LogP contribution < -0.4 is 0 Å². The molecule has 0 saturated carbocycles. The van der Waals surface area contributed by atoms with Crippen molar-refractivity contribution in [2.24, 2.45) is 0 Å². The van der Waals surface area contributed by atoms with E-state index in [-0.39, 0.29) is 35.4 Å². The summed E-state index contributed by atoms with van der Waals surface area (Å²) < 4.78 is 40.3. The molecule has 3 atom stereocenters. The van der Waals surface area contributed by atoms with Crippen molar-refractivity contribution in [3.05, 3.63) is 59.2 Å². The highest BCUT2D eigenvalue weighted by Gasteiger charge is 2.42. The summed E-state index contributed by atoms with van der Waals surface area (Å²) >= 11 is 0. The molecule has 0 radical (unpaired) electrons. The lowest BCUT2D eigenvalue weighted by Gasteiger charge is -2.35. The van der Waals surface area contributed by atoms with Crippen molar-refractivity contribution in [2.45, 2.75) is 69.5 Å². The number of nitrogens with zero attached hydrogens (tertiary/aromatic N) is 2. The molecular weight excluding hydrogens is 408 g/mol. The van der Waals surface area contributed by atoms with Crippen molar-refractivity contribution in [3.8, 4) is 0 Å². The van der Waals surface area contributed by atoms with Crippen molar-refractivity contribution < 1.29 is 22.8 Å². The molecule has 166 valence electrons. The van der Waals surface area contributed by atoms with E-state index in [4.69, 9.17) is 9.47 Å². The van der Waals surface area contributed by atoms with Crippen LogP contribution in [-0.4, -0.2) is 54.6 Å². The number of benzene rings is 1. The van der Waals surface area contributed by atoms with E-state index >= 15 is 0 Å². The summed E-state index contributed by atoms with van der Waals surface area (Å²) in [6.45, 7) is 11.5. The minimum atomic E-state index is -3.94. The zero-order chi connectivity index (χ0) is 22.5. The van der Waals surface area contributed by atoms with Crippen LogP contribution in [-0.2, 0) is 19.5 Å². The molecule has 0 heterocycles. The number of non-ortho nitro benzene ring substituents is 1. The minimum Gasteiger partial charge on any atom is -0.370 e. The van der Waals surface area contributed by atoms with Crippen LogP contribution in [0.3, 0.4) is 0 Å². The minimum absolute atomic E-state index is 0.0120. The molecule has 0 unspecified atom stereocenters. The lowest BCUT2D eigenvalue weighted by atomic mass is 10.1. The van der Waals surface area contributed by atoms with Gasteiger partial charge in [-0.1, -0.05) is 18.2 Å². The van der Waals surface area contributed by atoms with Crippen LogP contribution in [0.4, 0.5) is 5.69 Å². The SMILES string of the molecule is C=CCCN([C@@H]1C=C[C@@H](OC(C)C)[C@H]1OC(C)C)S(=O)(=O)c1ccc([N+](=O)[O-])cc1. The van der Waals surface area contributed by atoms with Gasteiger partial charge < -0.3 is 9.47 Å².